The number of hydrogen-bond acceptors (Lipinski definition) is 6. The number of carbonyl (C=O) groups excluding carboxylic acids is 1. The first-order valence-electron chi connectivity index (χ1n) is 8.15. The number of hydrazine groups is 2. The van der Waals surface area contributed by atoms with E-state index in [4.69, 9.17) is 17.4 Å². The molecule has 0 saturated carbocycles. The number of amides is 1. The number of nitrogens with one attached hydrogen (secondary N) is 1. The van der Waals surface area contributed by atoms with Crippen molar-refractivity contribution in [1.29, 1.82) is 0 Å². The summed E-state index contributed by atoms with van der Waals surface area (Å²) in [6, 6.07) is 14.7. The number of halogens is 1. The van der Waals surface area contributed by atoms with E-state index in [1.807, 2.05) is 36.4 Å². The average molecular weight is 356 g/mol. The van der Waals surface area contributed by atoms with Crippen LogP contribution in [-0.4, -0.2) is 17.6 Å². The molecule has 1 aliphatic heterocycles. The highest BCUT2D eigenvalue weighted by atomic mass is 19.2. The van der Waals surface area contributed by atoms with Crippen molar-refractivity contribution in [3.63, 3.8) is 0 Å². The summed E-state index contributed by atoms with van der Waals surface area (Å²) in [4.78, 5) is 14.3. The van der Waals surface area contributed by atoms with Gasteiger partial charge in [0, 0.05) is 24.1 Å². The van der Waals surface area contributed by atoms with Crippen LogP contribution in [-0.2, 0) is 11.3 Å². The average Bonchev–Trinajstić information content (AvgIpc) is 2.64. The maximum absolute atomic E-state index is 12.7. The number of fused-ring (bicyclic) bond motifs is 2. The third-order valence-electron chi connectivity index (χ3n) is 4.33. The number of hydrogen-bond donors (Lipinski definition) is 4. The number of rotatable bonds is 4. The van der Waals surface area contributed by atoms with Gasteiger partial charge in [-0.3, -0.25) is 4.79 Å². The second kappa shape index (κ2) is 7.52. The Kier molecular flexibility index (Phi) is 5.17. The molecule has 0 aromatic heterocycles. The van der Waals surface area contributed by atoms with Crippen molar-refractivity contribution in [2.75, 3.05) is 11.4 Å². The van der Waals surface area contributed by atoms with Gasteiger partial charge in [-0.2, -0.15) is 5.54 Å². The van der Waals surface area contributed by atoms with Gasteiger partial charge in [0.05, 0.1) is 17.9 Å². The molecule has 7 nitrogen and oxygen atoms in total. The van der Waals surface area contributed by atoms with Crippen molar-refractivity contribution >= 4 is 23.0 Å². The predicted octanol–water partition coefficient (Wildman–Crippen LogP) is 1.23. The molecular weight excluding hydrogens is 335 g/mol. The van der Waals surface area contributed by atoms with Crippen molar-refractivity contribution in [3.05, 3.63) is 65.2 Å². The summed E-state index contributed by atoms with van der Waals surface area (Å²) >= 11 is 0. The van der Waals surface area contributed by atoms with E-state index in [-0.39, 0.29) is 18.9 Å². The smallest absolute Gasteiger partial charge is 0.228 e. The van der Waals surface area contributed by atoms with Gasteiger partial charge in [-0.15, -0.1) is 4.48 Å². The van der Waals surface area contributed by atoms with E-state index < -0.39 is 0 Å². The fourth-order valence-corrected chi connectivity index (χ4v) is 3.14. The Bertz CT molecular complexity index is 851. The van der Waals surface area contributed by atoms with Crippen LogP contribution in [0.25, 0.3) is 11.4 Å². The van der Waals surface area contributed by atoms with Gasteiger partial charge in [-0.05, 0) is 11.6 Å². The summed E-state index contributed by atoms with van der Waals surface area (Å²) in [6.07, 6.45) is 0.0172. The Balaban J connectivity index is 2.23. The summed E-state index contributed by atoms with van der Waals surface area (Å²) < 4.78 is 12.3. The second-order valence-corrected chi connectivity index (χ2v) is 5.96. The third-order valence-corrected chi connectivity index (χ3v) is 4.33. The van der Waals surface area contributed by atoms with Crippen molar-refractivity contribution in [3.8, 4) is 0 Å². The molecule has 0 bridgehead atoms. The summed E-state index contributed by atoms with van der Waals surface area (Å²) in [6.45, 7) is 0.234. The highest BCUT2D eigenvalue weighted by Gasteiger charge is 2.26. The zero-order chi connectivity index (χ0) is 18.7. The Labute approximate surface area is 150 Å². The fraction of sp³-hybridized carbons (Fsp3) is 0.167. The maximum atomic E-state index is 12.7. The molecule has 0 fully saturated rings. The SMILES string of the molecule is N/C1=C(\N(N)N)c2ccccc2CN(C(=O)CCNF)c2ccccc21. The minimum absolute atomic E-state index is 0.0172. The van der Waals surface area contributed by atoms with Crippen LogP contribution in [0.4, 0.5) is 10.2 Å². The molecule has 1 heterocycles. The predicted molar refractivity (Wildman–Crippen MR) is 99.0 cm³/mol. The van der Waals surface area contributed by atoms with Crippen LogP contribution >= 0.6 is 0 Å². The molecule has 3 rings (SSSR count). The quantitative estimate of drug-likeness (QED) is 0.372. The molecule has 26 heavy (non-hydrogen) atoms. The molecule has 0 atom stereocenters. The molecule has 0 radical (unpaired) electrons. The van der Waals surface area contributed by atoms with E-state index in [2.05, 4.69) is 0 Å². The van der Waals surface area contributed by atoms with Crippen LogP contribution in [0.5, 0.6) is 0 Å². The van der Waals surface area contributed by atoms with Crippen LogP contribution in [0.3, 0.4) is 0 Å². The summed E-state index contributed by atoms with van der Waals surface area (Å²) in [5, 5.41) is 0.995. The Morgan fingerprint density at radius 3 is 2.46 bits per heavy atom. The van der Waals surface area contributed by atoms with Gasteiger partial charge in [0.1, 0.15) is 5.70 Å². The van der Waals surface area contributed by atoms with Gasteiger partial charge >= 0.3 is 0 Å². The number of nitrogens with zero attached hydrogens (tertiary/aromatic N) is 2. The van der Waals surface area contributed by atoms with Crippen LogP contribution in [0.15, 0.2) is 48.5 Å². The highest BCUT2D eigenvalue weighted by Crippen LogP contribution is 2.35. The number of nitrogens with two attached hydrogens (primary N) is 3. The molecule has 0 saturated heterocycles. The Morgan fingerprint density at radius 2 is 1.77 bits per heavy atom. The molecule has 0 unspecified atom stereocenters. The molecule has 1 amide bonds. The number of carbonyl (C=O) groups is 1. The molecule has 0 aliphatic carbocycles. The van der Waals surface area contributed by atoms with E-state index in [1.165, 1.54) is 5.54 Å². The van der Waals surface area contributed by atoms with Gasteiger partial charge in [-0.25, -0.2) is 16.8 Å². The lowest BCUT2D eigenvalue weighted by molar-refractivity contribution is -0.118. The van der Waals surface area contributed by atoms with Crippen LogP contribution < -0.4 is 27.9 Å². The largest absolute Gasteiger partial charge is 0.396 e. The van der Waals surface area contributed by atoms with Crippen molar-refractivity contribution in [2.45, 2.75) is 13.0 Å². The first-order valence-corrected chi connectivity index (χ1v) is 8.15. The first kappa shape index (κ1) is 17.9. The molecule has 136 valence electrons. The standard InChI is InChI=1S/C18H21FN6O/c19-23-10-9-16(26)24-11-12-5-1-2-6-13(12)18(25(21)22)17(20)14-7-3-4-8-15(14)24/h1-8,23H,9-11,20-22H2/b18-17-. The topological polar surface area (TPSA) is 114 Å². The van der Waals surface area contributed by atoms with Gasteiger partial charge in [-0.1, -0.05) is 42.5 Å². The molecular formula is C18H21FN6O. The normalized spacial score (nSPS) is 16.3. The van der Waals surface area contributed by atoms with Gasteiger partial charge in [0.25, 0.3) is 0 Å². The van der Waals surface area contributed by atoms with Crippen LogP contribution in [0.1, 0.15) is 23.1 Å². The molecule has 2 aromatic rings. The van der Waals surface area contributed by atoms with E-state index in [0.717, 1.165) is 16.2 Å². The van der Waals surface area contributed by atoms with Gasteiger partial charge in [0.2, 0.25) is 5.91 Å². The van der Waals surface area contributed by atoms with Gasteiger partial charge < -0.3 is 10.6 Å². The number of benzene rings is 2. The second-order valence-electron chi connectivity index (χ2n) is 5.96. The van der Waals surface area contributed by atoms with Crippen molar-refractivity contribution in [2.24, 2.45) is 17.4 Å². The lowest BCUT2D eigenvalue weighted by Crippen LogP contribution is -2.39. The zero-order valence-electron chi connectivity index (χ0n) is 14.2. The number of para-hydroxylation sites is 1. The van der Waals surface area contributed by atoms with E-state index in [1.54, 1.807) is 17.0 Å². The van der Waals surface area contributed by atoms with E-state index in [9.17, 15) is 9.28 Å². The third kappa shape index (κ3) is 3.25. The fourth-order valence-electron chi connectivity index (χ4n) is 3.14. The molecule has 8 heteroatoms. The number of anilines is 1. The maximum Gasteiger partial charge on any atom is 0.228 e. The summed E-state index contributed by atoms with van der Waals surface area (Å²) in [5.74, 6) is 11.5. The van der Waals surface area contributed by atoms with E-state index >= 15 is 0 Å². The summed E-state index contributed by atoms with van der Waals surface area (Å²) in [5.41, 5.74) is 11.6. The molecule has 7 N–H and O–H groups in total. The van der Waals surface area contributed by atoms with Crippen LogP contribution in [0.2, 0.25) is 0 Å². The minimum Gasteiger partial charge on any atom is -0.396 e. The first-order chi connectivity index (χ1) is 12.5. The van der Waals surface area contributed by atoms with E-state index in [0.29, 0.717) is 29.2 Å². The lowest BCUT2D eigenvalue weighted by Gasteiger charge is -2.31. The highest BCUT2D eigenvalue weighted by molar-refractivity contribution is 6.01. The monoisotopic (exact) mass is 356 g/mol. The zero-order valence-corrected chi connectivity index (χ0v) is 14.2. The molecule has 0 spiro atoms. The lowest BCUT2D eigenvalue weighted by atomic mass is 9.96. The van der Waals surface area contributed by atoms with Crippen LogP contribution in [0, 0.1) is 0 Å². The molecule has 1 aliphatic rings. The Hall–Kier alpha value is -2.94. The summed E-state index contributed by atoms with van der Waals surface area (Å²) in [7, 11) is 0. The van der Waals surface area contributed by atoms with Crippen molar-refractivity contribution in [1.82, 2.24) is 10.7 Å². The Morgan fingerprint density at radius 1 is 1.12 bits per heavy atom. The minimum atomic E-state index is -0.217. The van der Waals surface area contributed by atoms with Gasteiger partial charge in [0.15, 0.2) is 0 Å². The van der Waals surface area contributed by atoms with Crippen molar-refractivity contribution < 1.29 is 9.28 Å². The molecule has 2 aromatic carbocycles.